The van der Waals surface area contributed by atoms with Crippen molar-refractivity contribution in [1.29, 1.82) is 0 Å². The van der Waals surface area contributed by atoms with E-state index >= 15 is 0 Å². The van der Waals surface area contributed by atoms with Gasteiger partial charge in [-0.05, 0) is 149 Å². The van der Waals surface area contributed by atoms with E-state index < -0.39 is 0 Å². The Bertz CT molecular complexity index is 4040. The summed E-state index contributed by atoms with van der Waals surface area (Å²) in [6.45, 7) is 0. The molecular weight excluding hydrogens is 781 g/mol. The predicted octanol–water partition coefficient (Wildman–Crippen LogP) is 16.5. The van der Waals surface area contributed by atoms with Crippen LogP contribution in [0.15, 0.2) is 209 Å². The summed E-state index contributed by atoms with van der Waals surface area (Å²) in [6, 6.07) is 70.4. The predicted molar refractivity (Wildman–Crippen MR) is 266 cm³/mol. The van der Waals surface area contributed by atoms with Crippen molar-refractivity contribution in [2.24, 2.45) is 0 Å². The van der Waals surface area contributed by atoms with E-state index in [1.807, 2.05) is 12.1 Å². The van der Waals surface area contributed by atoms with Crippen LogP contribution in [0.5, 0.6) is 0 Å². The molecule has 4 aromatic heterocycles. The maximum absolute atomic E-state index is 6.48. The average molecular weight is 819 g/mol. The molecule has 13 aromatic rings. The standard InChI is InChI=1S/C60H38N2O2/c1-6-19-53-45(14-1)46-15-2-7-20-54(46)61(53)43-26-29-60-52(36-43)51-34-39(24-27-59(51)64-60)37-12-11-13-38(30-37)41-31-42(40-25-28-58-50(35-40)49-18-5-10-23-57(49)63-58)33-44(32-41)62-55-21-8-3-16-47(55)48-17-4-9-22-56(48)62/h1-3,5-16,18-36H,4,17H2. The normalized spacial score (nSPS) is 12.8. The lowest BCUT2D eigenvalue weighted by molar-refractivity contribution is 0.668. The second-order valence-electron chi connectivity index (χ2n) is 17.2. The Morgan fingerprint density at radius 2 is 0.828 bits per heavy atom. The van der Waals surface area contributed by atoms with Gasteiger partial charge in [0.25, 0.3) is 0 Å². The van der Waals surface area contributed by atoms with Crippen molar-refractivity contribution in [2.45, 2.75) is 12.8 Å². The van der Waals surface area contributed by atoms with E-state index in [2.05, 4.69) is 203 Å². The number of aromatic nitrogens is 2. The molecule has 0 N–H and O–H groups in total. The summed E-state index contributed by atoms with van der Waals surface area (Å²) in [5, 5.41) is 8.28. The molecule has 0 radical (unpaired) electrons. The molecule has 64 heavy (non-hydrogen) atoms. The van der Waals surface area contributed by atoms with E-state index in [0.29, 0.717) is 0 Å². The Hall–Kier alpha value is -8.34. The number of fused-ring (bicyclic) bond motifs is 12. The zero-order valence-corrected chi connectivity index (χ0v) is 34.8. The van der Waals surface area contributed by atoms with Crippen LogP contribution in [0.4, 0.5) is 0 Å². The molecule has 0 spiro atoms. The molecule has 0 aliphatic heterocycles. The zero-order valence-electron chi connectivity index (χ0n) is 34.8. The van der Waals surface area contributed by atoms with E-state index in [0.717, 1.165) is 101 Å². The second kappa shape index (κ2) is 13.6. The van der Waals surface area contributed by atoms with Gasteiger partial charge in [0.1, 0.15) is 22.3 Å². The fraction of sp³-hybridized carbons (Fsp3) is 0.0333. The highest BCUT2D eigenvalue weighted by molar-refractivity contribution is 6.11. The maximum atomic E-state index is 6.48. The number of aryl methyl sites for hydroxylation is 1. The lowest BCUT2D eigenvalue weighted by Gasteiger charge is -2.16. The minimum absolute atomic E-state index is 0.880. The van der Waals surface area contributed by atoms with Crippen LogP contribution in [0.25, 0.3) is 127 Å². The number of hydrogen-bond donors (Lipinski definition) is 0. The molecule has 0 fully saturated rings. The van der Waals surface area contributed by atoms with E-state index in [4.69, 9.17) is 8.83 Å². The van der Waals surface area contributed by atoms with Crippen molar-refractivity contribution in [3.63, 3.8) is 0 Å². The third-order valence-electron chi connectivity index (χ3n) is 13.6. The van der Waals surface area contributed by atoms with Gasteiger partial charge in [0.2, 0.25) is 0 Å². The summed E-state index contributed by atoms with van der Waals surface area (Å²) in [7, 11) is 0. The Balaban J connectivity index is 0.927. The van der Waals surface area contributed by atoms with Gasteiger partial charge in [-0.15, -0.1) is 0 Å². The van der Waals surface area contributed by atoms with Crippen LogP contribution >= 0.6 is 0 Å². The van der Waals surface area contributed by atoms with Crippen molar-refractivity contribution in [1.82, 2.24) is 9.13 Å². The molecule has 4 heteroatoms. The molecule has 1 aliphatic rings. The minimum Gasteiger partial charge on any atom is -0.456 e. The summed E-state index contributed by atoms with van der Waals surface area (Å²) < 4.78 is 17.6. The Kier molecular flexibility index (Phi) is 7.48. The van der Waals surface area contributed by atoms with Gasteiger partial charge in [0.15, 0.2) is 0 Å². The van der Waals surface area contributed by atoms with E-state index in [-0.39, 0.29) is 0 Å². The van der Waals surface area contributed by atoms with Crippen molar-refractivity contribution in [3.8, 4) is 44.8 Å². The highest BCUT2D eigenvalue weighted by Crippen LogP contribution is 2.41. The molecule has 0 saturated heterocycles. The van der Waals surface area contributed by atoms with Crippen molar-refractivity contribution in [2.75, 3.05) is 0 Å². The number of allylic oxidation sites excluding steroid dienone is 1. The van der Waals surface area contributed by atoms with Gasteiger partial charge in [-0.25, -0.2) is 0 Å². The maximum Gasteiger partial charge on any atom is 0.135 e. The van der Waals surface area contributed by atoms with Crippen molar-refractivity contribution >= 4 is 82.7 Å². The summed E-state index contributed by atoms with van der Waals surface area (Å²) in [4.78, 5) is 0. The Labute approximate surface area is 368 Å². The molecule has 9 aromatic carbocycles. The Morgan fingerprint density at radius 3 is 1.53 bits per heavy atom. The highest BCUT2D eigenvalue weighted by Gasteiger charge is 2.21. The van der Waals surface area contributed by atoms with E-state index in [1.165, 1.54) is 44.0 Å². The number of furan rings is 2. The molecule has 4 nitrogen and oxygen atoms in total. The van der Waals surface area contributed by atoms with Crippen LogP contribution in [0.2, 0.25) is 0 Å². The van der Waals surface area contributed by atoms with E-state index in [9.17, 15) is 0 Å². The highest BCUT2D eigenvalue weighted by atomic mass is 16.3. The number of nitrogens with zero attached hydrogens (tertiary/aromatic N) is 2. The number of rotatable bonds is 5. The first kappa shape index (κ1) is 35.3. The lowest BCUT2D eigenvalue weighted by atomic mass is 9.94. The quantitative estimate of drug-likeness (QED) is 0.173. The van der Waals surface area contributed by atoms with Crippen LogP contribution in [0, 0.1) is 0 Å². The largest absolute Gasteiger partial charge is 0.456 e. The molecule has 4 heterocycles. The fourth-order valence-corrected chi connectivity index (χ4v) is 10.6. The average Bonchev–Trinajstić information content (AvgIpc) is 4.11. The van der Waals surface area contributed by atoms with Crippen LogP contribution in [0.3, 0.4) is 0 Å². The summed E-state index contributed by atoms with van der Waals surface area (Å²) >= 11 is 0. The fourth-order valence-electron chi connectivity index (χ4n) is 10.6. The third kappa shape index (κ3) is 5.29. The van der Waals surface area contributed by atoms with Crippen LogP contribution in [0.1, 0.15) is 17.7 Å². The summed E-state index contributed by atoms with van der Waals surface area (Å²) in [5.41, 5.74) is 19.0. The summed E-state index contributed by atoms with van der Waals surface area (Å²) in [5.74, 6) is 0. The first-order valence-electron chi connectivity index (χ1n) is 22.1. The van der Waals surface area contributed by atoms with Crippen molar-refractivity contribution < 1.29 is 8.83 Å². The number of hydrogen-bond acceptors (Lipinski definition) is 2. The Morgan fingerprint density at radius 1 is 0.328 bits per heavy atom. The zero-order chi connectivity index (χ0) is 41.9. The third-order valence-corrected chi connectivity index (χ3v) is 13.6. The lowest BCUT2D eigenvalue weighted by Crippen LogP contribution is -2.01. The molecule has 0 amide bonds. The van der Waals surface area contributed by atoms with Gasteiger partial charge in [-0.3, -0.25) is 0 Å². The topological polar surface area (TPSA) is 36.1 Å². The van der Waals surface area contributed by atoms with Crippen LogP contribution < -0.4 is 0 Å². The van der Waals surface area contributed by atoms with E-state index in [1.54, 1.807) is 0 Å². The molecule has 0 unspecified atom stereocenters. The first-order chi connectivity index (χ1) is 31.7. The summed E-state index contributed by atoms with van der Waals surface area (Å²) in [6.07, 6.45) is 6.73. The molecule has 14 rings (SSSR count). The smallest absolute Gasteiger partial charge is 0.135 e. The first-order valence-corrected chi connectivity index (χ1v) is 22.1. The van der Waals surface area contributed by atoms with Gasteiger partial charge in [0.05, 0.1) is 16.6 Å². The molecule has 0 saturated carbocycles. The van der Waals surface area contributed by atoms with Crippen LogP contribution in [-0.4, -0.2) is 9.13 Å². The minimum atomic E-state index is 0.880. The van der Waals surface area contributed by atoms with Gasteiger partial charge < -0.3 is 18.0 Å². The molecule has 1 aliphatic carbocycles. The van der Waals surface area contributed by atoms with Gasteiger partial charge in [0, 0.05) is 54.8 Å². The molecule has 0 bridgehead atoms. The SMILES string of the molecule is C1=Cc2c(c3ccccc3n2-c2cc(-c3cccc(-c4ccc5oc6ccc(-n7c8ccccc8c8ccccc87)cc6c5c4)c3)cc(-c3ccc4oc5ccccc5c4c3)c2)CC1. The number of benzene rings is 9. The molecule has 0 atom stereocenters. The molecule has 300 valence electrons. The number of para-hydroxylation sites is 4. The van der Waals surface area contributed by atoms with Crippen LogP contribution in [-0.2, 0) is 6.42 Å². The molecular formula is C60H38N2O2. The van der Waals surface area contributed by atoms with Gasteiger partial charge in [-0.1, -0.05) is 109 Å². The van der Waals surface area contributed by atoms with Crippen molar-refractivity contribution in [3.05, 3.63) is 211 Å². The second-order valence-corrected chi connectivity index (χ2v) is 17.2. The van der Waals surface area contributed by atoms with Gasteiger partial charge >= 0.3 is 0 Å². The monoisotopic (exact) mass is 818 g/mol. The van der Waals surface area contributed by atoms with Gasteiger partial charge in [-0.2, -0.15) is 0 Å².